The number of thioether (sulfide) groups is 1. The Morgan fingerprint density at radius 3 is 2.84 bits per heavy atom. The molecule has 0 atom stereocenters. The molecule has 19 heavy (non-hydrogen) atoms. The van der Waals surface area contributed by atoms with E-state index in [9.17, 15) is 4.79 Å². The first kappa shape index (κ1) is 13.7. The second-order valence-electron chi connectivity index (χ2n) is 4.26. The van der Waals surface area contributed by atoms with Crippen LogP contribution >= 0.6 is 11.8 Å². The Bertz CT molecular complexity index is 601. The van der Waals surface area contributed by atoms with Gasteiger partial charge < -0.3 is 10.0 Å². The summed E-state index contributed by atoms with van der Waals surface area (Å²) < 4.78 is 0. The van der Waals surface area contributed by atoms with Crippen LogP contribution in [0.25, 0.3) is 10.9 Å². The second-order valence-corrected chi connectivity index (χ2v) is 5.25. The van der Waals surface area contributed by atoms with Crippen molar-refractivity contribution in [2.75, 3.05) is 30.5 Å². The molecule has 0 saturated carbocycles. The van der Waals surface area contributed by atoms with Crippen LogP contribution in [0.2, 0.25) is 0 Å². The summed E-state index contributed by atoms with van der Waals surface area (Å²) in [6, 6.07) is 8.87. The van der Waals surface area contributed by atoms with E-state index in [1.54, 1.807) is 23.9 Å². The standard InChI is InChI=1S/C14H16N2O2S/c1-16(8-9-19-2)13-7-6-10-11(14(17)18)4-3-5-12(10)15-13/h3-7H,8-9H2,1-2H3,(H,17,18). The fourth-order valence-corrected chi connectivity index (χ4v) is 2.34. The number of carboxylic acids is 1. The van der Waals surface area contributed by atoms with Gasteiger partial charge in [0.15, 0.2) is 0 Å². The van der Waals surface area contributed by atoms with Crippen molar-refractivity contribution in [3.63, 3.8) is 0 Å². The molecule has 0 aliphatic rings. The molecule has 4 nitrogen and oxygen atoms in total. The van der Waals surface area contributed by atoms with E-state index in [4.69, 9.17) is 5.11 Å². The first-order chi connectivity index (χ1) is 9.13. The van der Waals surface area contributed by atoms with Gasteiger partial charge in [-0.05, 0) is 30.5 Å². The average molecular weight is 276 g/mol. The highest BCUT2D eigenvalue weighted by atomic mass is 32.2. The number of pyridine rings is 1. The van der Waals surface area contributed by atoms with Gasteiger partial charge in [-0.2, -0.15) is 11.8 Å². The highest BCUT2D eigenvalue weighted by Gasteiger charge is 2.10. The number of nitrogens with zero attached hydrogens (tertiary/aromatic N) is 2. The van der Waals surface area contributed by atoms with Crippen LogP contribution in [0.5, 0.6) is 0 Å². The summed E-state index contributed by atoms with van der Waals surface area (Å²) in [6.45, 7) is 0.915. The van der Waals surface area contributed by atoms with Gasteiger partial charge in [0, 0.05) is 24.7 Å². The van der Waals surface area contributed by atoms with Gasteiger partial charge in [-0.25, -0.2) is 9.78 Å². The fraction of sp³-hybridized carbons (Fsp3) is 0.286. The van der Waals surface area contributed by atoms with Gasteiger partial charge in [-0.3, -0.25) is 0 Å². The molecule has 0 fully saturated rings. The molecule has 0 aliphatic carbocycles. The SMILES string of the molecule is CSCCN(C)c1ccc2c(C(=O)O)cccc2n1. The highest BCUT2D eigenvalue weighted by molar-refractivity contribution is 7.98. The van der Waals surface area contributed by atoms with E-state index in [0.29, 0.717) is 16.5 Å². The number of aromatic nitrogens is 1. The van der Waals surface area contributed by atoms with Crippen molar-refractivity contribution in [3.8, 4) is 0 Å². The van der Waals surface area contributed by atoms with Gasteiger partial charge in [0.25, 0.3) is 0 Å². The topological polar surface area (TPSA) is 53.4 Å². The van der Waals surface area contributed by atoms with Crippen LogP contribution < -0.4 is 4.90 Å². The number of rotatable bonds is 5. The molecule has 0 amide bonds. The van der Waals surface area contributed by atoms with Crippen molar-refractivity contribution in [3.05, 3.63) is 35.9 Å². The number of benzene rings is 1. The number of hydrogen-bond acceptors (Lipinski definition) is 4. The lowest BCUT2D eigenvalue weighted by atomic mass is 10.1. The molecule has 2 rings (SSSR count). The highest BCUT2D eigenvalue weighted by Crippen LogP contribution is 2.21. The maximum atomic E-state index is 11.1. The van der Waals surface area contributed by atoms with Gasteiger partial charge in [0.05, 0.1) is 11.1 Å². The zero-order chi connectivity index (χ0) is 13.8. The number of aromatic carboxylic acids is 1. The first-order valence-corrected chi connectivity index (χ1v) is 7.36. The van der Waals surface area contributed by atoms with Crippen LogP contribution in [-0.4, -0.2) is 41.7 Å². The number of hydrogen-bond donors (Lipinski definition) is 1. The maximum absolute atomic E-state index is 11.1. The van der Waals surface area contributed by atoms with Crippen LogP contribution in [0.3, 0.4) is 0 Å². The van der Waals surface area contributed by atoms with E-state index in [0.717, 1.165) is 18.1 Å². The molecule has 0 saturated heterocycles. The van der Waals surface area contributed by atoms with Gasteiger partial charge in [-0.1, -0.05) is 6.07 Å². The van der Waals surface area contributed by atoms with Gasteiger partial charge in [0.2, 0.25) is 0 Å². The molecule has 0 bridgehead atoms. The number of anilines is 1. The smallest absolute Gasteiger partial charge is 0.336 e. The molecule has 1 N–H and O–H groups in total. The Labute approximate surface area is 116 Å². The van der Waals surface area contributed by atoms with Gasteiger partial charge >= 0.3 is 5.97 Å². The van der Waals surface area contributed by atoms with Crippen molar-refractivity contribution in [2.24, 2.45) is 0 Å². The molecular formula is C14H16N2O2S. The Morgan fingerprint density at radius 1 is 1.37 bits per heavy atom. The summed E-state index contributed by atoms with van der Waals surface area (Å²) in [5.41, 5.74) is 1.01. The number of fused-ring (bicyclic) bond motifs is 1. The third kappa shape index (κ3) is 2.98. The fourth-order valence-electron chi connectivity index (χ4n) is 1.89. The summed E-state index contributed by atoms with van der Waals surface area (Å²) in [5.74, 6) is 0.978. The molecule has 0 radical (unpaired) electrons. The normalized spacial score (nSPS) is 10.6. The summed E-state index contributed by atoms with van der Waals surface area (Å²) in [5, 5.41) is 9.81. The number of carbonyl (C=O) groups is 1. The predicted molar refractivity (Wildman–Crippen MR) is 80.4 cm³/mol. The zero-order valence-electron chi connectivity index (χ0n) is 11.0. The molecule has 1 heterocycles. The molecule has 0 unspecified atom stereocenters. The number of carboxylic acid groups (broad SMARTS) is 1. The minimum absolute atomic E-state index is 0.295. The van der Waals surface area contributed by atoms with Crippen molar-refractivity contribution in [2.45, 2.75) is 0 Å². The Hall–Kier alpha value is -1.75. The molecule has 0 spiro atoms. The molecule has 5 heteroatoms. The van der Waals surface area contributed by atoms with Crippen LogP contribution in [0.1, 0.15) is 10.4 Å². The first-order valence-electron chi connectivity index (χ1n) is 5.96. The van der Waals surface area contributed by atoms with Crippen LogP contribution in [0, 0.1) is 0 Å². The summed E-state index contributed by atoms with van der Waals surface area (Å²) in [6.07, 6.45) is 2.07. The average Bonchev–Trinajstić information content (AvgIpc) is 2.43. The van der Waals surface area contributed by atoms with E-state index in [2.05, 4.69) is 16.1 Å². The molecule has 100 valence electrons. The van der Waals surface area contributed by atoms with Crippen molar-refractivity contribution in [1.82, 2.24) is 4.98 Å². The van der Waals surface area contributed by atoms with E-state index < -0.39 is 5.97 Å². The van der Waals surface area contributed by atoms with Crippen LogP contribution in [-0.2, 0) is 0 Å². The zero-order valence-corrected chi connectivity index (χ0v) is 11.8. The van der Waals surface area contributed by atoms with Gasteiger partial charge in [-0.15, -0.1) is 0 Å². The maximum Gasteiger partial charge on any atom is 0.336 e. The van der Waals surface area contributed by atoms with Crippen molar-refractivity contribution >= 4 is 34.5 Å². The molecule has 1 aromatic heterocycles. The summed E-state index contributed by atoms with van der Waals surface area (Å²) in [7, 11) is 1.99. The van der Waals surface area contributed by atoms with Crippen LogP contribution in [0.4, 0.5) is 5.82 Å². The van der Waals surface area contributed by atoms with Crippen LogP contribution in [0.15, 0.2) is 30.3 Å². The monoisotopic (exact) mass is 276 g/mol. The van der Waals surface area contributed by atoms with E-state index in [1.807, 2.05) is 25.2 Å². The molecular weight excluding hydrogens is 260 g/mol. The van der Waals surface area contributed by atoms with E-state index in [1.165, 1.54) is 0 Å². The summed E-state index contributed by atoms with van der Waals surface area (Å²) >= 11 is 1.79. The van der Waals surface area contributed by atoms with Gasteiger partial charge in [0.1, 0.15) is 5.82 Å². The van der Waals surface area contributed by atoms with E-state index >= 15 is 0 Å². The lowest BCUT2D eigenvalue weighted by Crippen LogP contribution is -2.21. The third-order valence-corrected chi connectivity index (χ3v) is 3.56. The lowest BCUT2D eigenvalue weighted by Gasteiger charge is -2.18. The lowest BCUT2D eigenvalue weighted by molar-refractivity contribution is 0.0699. The summed E-state index contributed by atoms with van der Waals surface area (Å²) in [4.78, 5) is 17.7. The second kappa shape index (κ2) is 5.93. The van der Waals surface area contributed by atoms with Crippen molar-refractivity contribution in [1.29, 1.82) is 0 Å². The Morgan fingerprint density at radius 2 is 2.16 bits per heavy atom. The van der Waals surface area contributed by atoms with Crippen molar-refractivity contribution < 1.29 is 9.90 Å². The predicted octanol–water partition coefficient (Wildman–Crippen LogP) is 2.73. The molecule has 0 aliphatic heterocycles. The molecule has 2 aromatic rings. The minimum atomic E-state index is -0.920. The molecule has 1 aromatic carbocycles. The quantitative estimate of drug-likeness (QED) is 0.910. The Kier molecular flexibility index (Phi) is 4.27. The minimum Gasteiger partial charge on any atom is -0.478 e. The van der Waals surface area contributed by atoms with E-state index in [-0.39, 0.29) is 0 Å². The largest absolute Gasteiger partial charge is 0.478 e. The third-order valence-electron chi connectivity index (χ3n) is 2.97. The Balaban J connectivity index is 2.39.